The van der Waals surface area contributed by atoms with Crippen LogP contribution >= 0.6 is 11.6 Å². The van der Waals surface area contributed by atoms with Gasteiger partial charge in [-0.05, 0) is 25.5 Å². The van der Waals surface area contributed by atoms with E-state index in [4.69, 9.17) is 26.8 Å². The fourth-order valence-electron chi connectivity index (χ4n) is 2.51. The van der Waals surface area contributed by atoms with Crippen molar-refractivity contribution in [2.75, 3.05) is 18.9 Å². The van der Waals surface area contributed by atoms with Crippen molar-refractivity contribution in [3.8, 4) is 0 Å². The molecule has 1 aliphatic rings. The highest BCUT2D eigenvalue weighted by atomic mass is 35.5. The van der Waals surface area contributed by atoms with Crippen molar-refractivity contribution in [3.63, 3.8) is 0 Å². The zero-order valence-corrected chi connectivity index (χ0v) is 15.2. The van der Waals surface area contributed by atoms with Crippen molar-refractivity contribution >= 4 is 35.3 Å². The number of urea groups is 1. The highest BCUT2D eigenvalue weighted by Gasteiger charge is 2.32. The molecule has 0 fully saturated rings. The Morgan fingerprint density at radius 2 is 1.96 bits per heavy atom. The van der Waals surface area contributed by atoms with E-state index < -0.39 is 24.0 Å². The zero-order chi connectivity index (χ0) is 19.3. The summed E-state index contributed by atoms with van der Waals surface area (Å²) in [4.78, 5) is 36.3. The van der Waals surface area contributed by atoms with E-state index in [0.29, 0.717) is 6.42 Å². The van der Waals surface area contributed by atoms with Crippen LogP contribution in [0, 0.1) is 0 Å². The van der Waals surface area contributed by atoms with E-state index >= 15 is 0 Å². The highest BCUT2D eigenvalue weighted by Crippen LogP contribution is 2.23. The standard InChI is InChI=1S/C17H20ClN3O5/c1-3-11-13(16(23)25-4-2)12(21-17(24)20-11)8-26-15(22)9-6-5-7-10(18)14(9)19/h5-7,11H,3-4,8,19H2,1-2H3,(H2,20,21,24). The van der Waals surface area contributed by atoms with Crippen LogP contribution in [0.1, 0.15) is 30.6 Å². The predicted octanol–water partition coefficient (Wildman–Crippen LogP) is 1.99. The number of carbonyl (C=O) groups is 3. The average molecular weight is 382 g/mol. The van der Waals surface area contributed by atoms with Gasteiger partial charge in [0.1, 0.15) is 6.61 Å². The molecule has 0 bridgehead atoms. The minimum Gasteiger partial charge on any atom is -0.463 e. The molecule has 1 unspecified atom stereocenters. The maximum atomic E-state index is 12.3. The van der Waals surface area contributed by atoms with Gasteiger partial charge in [-0.1, -0.05) is 24.6 Å². The van der Waals surface area contributed by atoms with Gasteiger partial charge in [-0.25, -0.2) is 14.4 Å². The van der Waals surface area contributed by atoms with E-state index in [1.54, 1.807) is 19.1 Å². The first-order valence-electron chi connectivity index (χ1n) is 8.07. The summed E-state index contributed by atoms with van der Waals surface area (Å²) in [5.41, 5.74) is 6.37. The second kappa shape index (κ2) is 8.57. The Morgan fingerprint density at radius 1 is 1.23 bits per heavy atom. The summed E-state index contributed by atoms with van der Waals surface area (Å²) >= 11 is 5.89. The van der Waals surface area contributed by atoms with Gasteiger partial charge in [-0.15, -0.1) is 0 Å². The smallest absolute Gasteiger partial charge is 0.340 e. The summed E-state index contributed by atoms with van der Waals surface area (Å²) in [6, 6.07) is 3.57. The molecule has 26 heavy (non-hydrogen) atoms. The molecule has 0 radical (unpaired) electrons. The maximum Gasteiger partial charge on any atom is 0.340 e. The molecular formula is C17H20ClN3O5. The van der Waals surface area contributed by atoms with Crippen molar-refractivity contribution < 1.29 is 23.9 Å². The lowest BCUT2D eigenvalue weighted by Gasteiger charge is -2.28. The number of carbonyl (C=O) groups excluding carboxylic acids is 3. The summed E-state index contributed by atoms with van der Waals surface area (Å²) in [6.45, 7) is 3.35. The van der Waals surface area contributed by atoms with Crippen molar-refractivity contribution in [2.45, 2.75) is 26.3 Å². The number of nitrogen functional groups attached to an aromatic ring is 1. The van der Waals surface area contributed by atoms with E-state index in [1.807, 2.05) is 6.92 Å². The van der Waals surface area contributed by atoms with Crippen LogP contribution in [0.4, 0.5) is 10.5 Å². The Hall–Kier alpha value is -2.74. The van der Waals surface area contributed by atoms with Gasteiger partial charge in [0.05, 0.1) is 40.2 Å². The van der Waals surface area contributed by atoms with Gasteiger partial charge in [-0.2, -0.15) is 0 Å². The lowest BCUT2D eigenvalue weighted by Crippen LogP contribution is -2.51. The van der Waals surface area contributed by atoms with Gasteiger partial charge in [0.2, 0.25) is 0 Å². The third kappa shape index (κ3) is 4.26. The number of nitrogens with two attached hydrogens (primary N) is 1. The number of anilines is 1. The van der Waals surface area contributed by atoms with Crippen LogP contribution in [-0.4, -0.2) is 37.2 Å². The summed E-state index contributed by atoms with van der Waals surface area (Å²) in [5, 5.41) is 5.36. The largest absolute Gasteiger partial charge is 0.463 e. The molecule has 9 heteroatoms. The van der Waals surface area contributed by atoms with Gasteiger partial charge in [0, 0.05) is 0 Å². The predicted molar refractivity (Wildman–Crippen MR) is 95.6 cm³/mol. The van der Waals surface area contributed by atoms with Crippen LogP contribution in [0.25, 0.3) is 0 Å². The Bertz CT molecular complexity index is 763. The average Bonchev–Trinajstić information content (AvgIpc) is 2.61. The second-order valence-corrected chi connectivity index (χ2v) is 5.86. The number of hydrogen-bond donors (Lipinski definition) is 3. The first-order valence-corrected chi connectivity index (χ1v) is 8.45. The molecule has 1 aliphatic heterocycles. The Kier molecular flexibility index (Phi) is 6.46. The Balaban J connectivity index is 2.25. The Morgan fingerprint density at radius 3 is 2.62 bits per heavy atom. The summed E-state index contributed by atoms with van der Waals surface area (Å²) in [7, 11) is 0. The highest BCUT2D eigenvalue weighted by molar-refractivity contribution is 6.33. The summed E-state index contributed by atoms with van der Waals surface area (Å²) in [5.74, 6) is -1.30. The number of hydrogen-bond acceptors (Lipinski definition) is 6. The molecule has 1 aromatic rings. The topological polar surface area (TPSA) is 120 Å². The number of rotatable bonds is 6. The van der Waals surface area contributed by atoms with Crippen molar-refractivity contribution in [1.82, 2.24) is 10.6 Å². The third-order valence-electron chi connectivity index (χ3n) is 3.77. The van der Waals surface area contributed by atoms with E-state index in [9.17, 15) is 14.4 Å². The molecular weight excluding hydrogens is 362 g/mol. The number of halogens is 1. The minimum absolute atomic E-state index is 0.0968. The van der Waals surface area contributed by atoms with Gasteiger partial charge in [-0.3, -0.25) is 0 Å². The number of ether oxygens (including phenoxy) is 2. The van der Waals surface area contributed by atoms with Gasteiger partial charge < -0.3 is 25.8 Å². The fourth-order valence-corrected chi connectivity index (χ4v) is 2.68. The molecule has 8 nitrogen and oxygen atoms in total. The SMILES string of the molecule is CCOC(=O)C1=C(COC(=O)c2cccc(Cl)c2N)NC(=O)NC1CC. The van der Waals surface area contributed by atoms with Crippen LogP contribution in [0.5, 0.6) is 0 Å². The molecule has 1 atom stereocenters. The maximum absolute atomic E-state index is 12.3. The molecule has 0 aliphatic carbocycles. The lowest BCUT2D eigenvalue weighted by molar-refractivity contribution is -0.139. The van der Waals surface area contributed by atoms with Crippen LogP contribution in [0.15, 0.2) is 29.5 Å². The minimum atomic E-state index is -0.721. The van der Waals surface area contributed by atoms with Crippen LogP contribution in [0.2, 0.25) is 5.02 Å². The van der Waals surface area contributed by atoms with E-state index in [-0.39, 0.29) is 40.8 Å². The first-order chi connectivity index (χ1) is 12.4. The number of para-hydroxylation sites is 1. The number of benzene rings is 1. The van der Waals surface area contributed by atoms with Gasteiger partial charge in [0.15, 0.2) is 0 Å². The van der Waals surface area contributed by atoms with Crippen LogP contribution in [0.3, 0.4) is 0 Å². The molecule has 0 aromatic heterocycles. The Labute approximate surface area is 155 Å². The zero-order valence-electron chi connectivity index (χ0n) is 14.4. The lowest BCUT2D eigenvalue weighted by atomic mass is 10.0. The molecule has 2 rings (SSSR count). The van der Waals surface area contributed by atoms with Gasteiger partial charge >= 0.3 is 18.0 Å². The summed E-state index contributed by atoms with van der Waals surface area (Å²) in [6.07, 6.45) is 0.472. The molecule has 140 valence electrons. The van der Waals surface area contributed by atoms with E-state index in [1.165, 1.54) is 6.07 Å². The normalized spacial score (nSPS) is 16.6. The van der Waals surface area contributed by atoms with E-state index in [0.717, 1.165) is 0 Å². The number of amides is 2. The monoisotopic (exact) mass is 381 g/mol. The number of esters is 2. The molecule has 1 aromatic carbocycles. The van der Waals surface area contributed by atoms with Crippen molar-refractivity contribution in [3.05, 3.63) is 40.1 Å². The molecule has 0 saturated heterocycles. The van der Waals surface area contributed by atoms with E-state index in [2.05, 4.69) is 10.6 Å². The first kappa shape index (κ1) is 19.6. The van der Waals surface area contributed by atoms with Crippen molar-refractivity contribution in [1.29, 1.82) is 0 Å². The van der Waals surface area contributed by atoms with Gasteiger partial charge in [0.25, 0.3) is 0 Å². The van der Waals surface area contributed by atoms with Crippen LogP contribution < -0.4 is 16.4 Å². The van der Waals surface area contributed by atoms with Crippen molar-refractivity contribution in [2.24, 2.45) is 0 Å². The molecule has 0 saturated carbocycles. The quantitative estimate of drug-likeness (QED) is 0.512. The summed E-state index contributed by atoms with van der Waals surface area (Å²) < 4.78 is 10.3. The number of nitrogens with one attached hydrogen (secondary N) is 2. The molecule has 0 spiro atoms. The second-order valence-electron chi connectivity index (χ2n) is 5.45. The fraction of sp³-hybridized carbons (Fsp3) is 0.353. The molecule has 2 amide bonds. The third-order valence-corrected chi connectivity index (χ3v) is 4.10. The molecule has 4 N–H and O–H groups in total. The molecule has 1 heterocycles. The van der Waals surface area contributed by atoms with Crippen LogP contribution in [-0.2, 0) is 14.3 Å².